The summed E-state index contributed by atoms with van der Waals surface area (Å²) in [6, 6.07) is 14.7. The normalized spacial score (nSPS) is 10.2. The lowest BCUT2D eigenvalue weighted by Crippen LogP contribution is -2.27. The fourth-order valence-electron chi connectivity index (χ4n) is 2.24. The van der Waals surface area contributed by atoms with Crippen LogP contribution in [0.4, 0.5) is 0 Å². The Bertz CT molecular complexity index is 713. The van der Waals surface area contributed by atoms with Gasteiger partial charge in [0.1, 0.15) is 5.75 Å². The van der Waals surface area contributed by atoms with E-state index in [-0.39, 0.29) is 12.5 Å². The summed E-state index contributed by atoms with van der Waals surface area (Å²) in [5.41, 5.74) is 7.71. The summed E-state index contributed by atoms with van der Waals surface area (Å²) in [6.07, 6.45) is 0. The van der Waals surface area contributed by atoms with E-state index >= 15 is 0 Å². The molecule has 0 aliphatic heterocycles. The number of hydrogen-bond donors (Lipinski definition) is 1. The van der Waals surface area contributed by atoms with Crippen LogP contribution in [-0.2, 0) is 11.3 Å². The van der Waals surface area contributed by atoms with Crippen molar-refractivity contribution >= 4 is 11.8 Å². The van der Waals surface area contributed by atoms with E-state index in [1.54, 1.807) is 36.2 Å². The average molecular weight is 312 g/mol. The molecule has 2 aromatic carbocycles. The minimum atomic E-state index is -0.583. The number of benzene rings is 2. The maximum absolute atomic E-state index is 12.7. The third-order valence-electron chi connectivity index (χ3n) is 3.50. The molecular formula is C18H20N2O3. The molecule has 120 valence electrons. The molecule has 2 amide bonds. The van der Waals surface area contributed by atoms with Crippen molar-refractivity contribution in [3.8, 4) is 5.75 Å². The van der Waals surface area contributed by atoms with E-state index in [0.717, 1.165) is 11.1 Å². The summed E-state index contributed by atoms with van der Waals surface area (Å²) in [6.45, 7) is 2.25. The molecule has 0 saturated heterocycles. The molecule has 0 saturated carbocycles. The minimum absolute atomic E-state index is 0.173. The summed E-state index contributed by atoms with van der Waals surface area (Å²) >= 11 is 0. The van der Waals surface area contributed by atoms with Crippen LogP contribution in [0.25, 0.3) is 0 Å². The van der Waals surface area contributed by atoms with E-state index in [1.165, 1.54) is 0 Å². The lowest BCUT2D eigenvalue weighted by Gasteiger charge is -2.20. The summed E-state index contributed by atoms with van der Waals surface area (Å²) < 4.78 is 5.32. The Morgan fingerprint density at radius 3 is 2.43 bits per heavy atom. The monoisotopic (exact) mass is 312 g/mol. The van der Waals surface area contributed by atoms with Crippen LogP contribution < -0.4 is 10.5 Å². The molecule has 0 aliphatic carbocycles. The van der Waals surface area contributed by atoms with Gasteiger partial charge < -0.3 is 15.4 Å². The van der Waals surface area contributed by atoms with Crippen molar-refractivity contribution in [1.82, 2.24) is 4.90 Å². The topological polar surface area (TPSA) is 72.6 Å². The second-order valence-corrected chi connectivity index (χ2v) is 5.34. The standard InChI is InChI=1S/C18H20N2O3/c1-13-7-3-4-8-14(13)11-20(2)18(22)15-9-5-6-10-16(15)23-12-17(19)21/h3-10H,11-12H2,1-2H3,(H2,19,21). The number of carbonyl (C=O) groups excluding carboxylic acids is 2. The zero-order valence-electron chi connectivity index (χ0n) is 13.3. The second-order valence-electron chi connectivity index (χ2n) is 5.34. The van der Waals surface area contributed by atoms with Crippen LogP contribution in [-0.4, -0.2) is 30.4 Å². The van der Waals surface area contributed by atoms with Gasteiger partial charge in [0.15, 0.2) is 6.61 Å². The van der Waals surface area contributed by atoms with Crippen LogP contribution in [0.15, 0.2) is 48.5 Å². The van der Waals surface area contributed by atoms with Gasteiger partial charge in [0.25, 0.3) is 11.8 Å². The highest BCUT2D eigenvalue weighted by Gasteiger charge is 2.17. The molecule has 0 fully saturated rings. The summed E-state index contributed by atoms with van der Waals surface area (Å²) in [4.78, 5) is 25.1. The van der Waals surface area contributed by atoms with E-state index in [9.17, 15) is 9.59 Å². The molecule has 5 nitrogen and oxygen atoms in total. The first-order valence-electron chi connectivity index (χ1n) is 7.29. The van der Waals surface area contributed by atoms with Crippen LogP contribution in [0, 0.1) is 6.92 Å². The third-order valence-corrected chi connectivity index (χ3v) is 3.50. The van der Waals surface area contributed by atoms with E-state index < -0.39 is 5.91 Å². The van der Waals surface area contributed by atoms with Crippen LogP contribution in [0.1, 0.15) is 21.5 Å². The first-order valence-corrected chi connectivity index (χ1v) is 7.29. The average Bonchev–Trinajstić information content (AvgIpc) is 2.54. The molecule has 0 radical (unpaired) electrons. The van der Waals surface area contributed by atoms with Crippen molar-refractivity contribution in [2.75, 3.05) is 13.7 Å². The van der Waals surface area contributed by atoms with Gasteiger partial charge in [0, 0.05) is 13.6 Å². The van der Waals surface area contributed by atoms with Crippen LogP contribution in [0.5, 0.6) is 5.75 Å². The van der Waals surface area contributed by atoms with Gasteiger partial charge in [-0.3, -0.25) is 9.59 Å². The predicted molar refractivity (Wildman–Crippen MR) is 88.1 cm³/mol. The van der Waals surface area contributed by atoms with Gasteiger partial charge in [-0.15, -0.1) is 0 Å². The van der Waals surface area contributed by atoms with Crippen molar-refractivity contribution in [2.24, 2.45) is 5.73 Å². The highest BCUT2D eigenvalue weighted by molar-refractivity contribution is 5.96. The van der Waals surface area contributed by atoms with E-state index in [2.05, 4.69) is 0 Å². The Hall–Kier alpha value is -2.82. The third kappa shape index (κ3) is 4.32. The molecule has 0 bridgehead atoms. The predicted octanol–water partition coefficient (Wildman–Crippen LogP) is 2.13. The highest BCUT2D eigenvalue weighted by atomic mass is 16.5. The molecule has 23 heavy (non-hydrogen) atoms. The number of nitrogens with two attached hydrogens (primary N) is 1. The molecule has 2 N–H and O–H groups in total. The van der Waals surface area contributed by atoms with E-state index in [4.69, 9.17) is 10.5 Å². The maximum atomic E-state index is 12.7. The van der Waals surface area contributed by atoms with E-state index in [0.29, 0.717) is 17.9 Å². The van der Waals surface area contributed by atoms with Crippen molar-refractivity contribution in [3.63, 3.8) is 0 Å². The Balaban J connectivity index is 2.16. The number of para-hydroxylation sites is 1. The van der Waals surface area contributed by atoms with Crippen molar-refractivity contribution in [3.05, 3.63) is 65.2 Å². The lowest BCUT2D eigenvalue weighted by atomic mass is 10.1. The van der Waals surface area contributed by atoms with Crippen LogP contribution in [0.2, 0.25) is 0 Å². The number of nitrogens with zero attached hydrogens (tertiary/aromatic N) is 1. The summed E-state index contributed by atoms with van der Waals surface area (Å²) in [7, 11) is 1.74. The van der Waals surface area contributed by atoms with Gasteiger partial charge in [-0.05, 0) is 30.2 Å². The molecule has 0 unspecified atom stereocenters. The lowest BCUT2D eigenvalue weighted by molar-refractivity contribution is -0.119. The quantitative estimate of drug-likeness (QED) is 0.888. The molecule has 0 aromatic heterocycles. The smallest absolute Gasteiger partial charge is 0.257 e. The Labute approximate surface area is 135 Å². The first kappa shape index (κ1) is 16.5. The van der Waals surface area contributed by atoms with Gasteiger partial charge in [-0.2, -0.15) is 0 Å². The number of rotatable bonds is 6. The van der Waals surface area contributed by atoms with Gasteiger partial charge in [0.05, 0.1) is 5.56 Å². The van der Waals surface area contributed by atoms with Gasteiger partial charge >= 0.3 is 0 Å². The van der Waals surface area contributed by atoms with Gasteiger partial charge in [-0.25, -0.2) is 0 Å². The molecule has 0 aliphatic rings. The highest BCUT2D eigenvalue weighted by Crippen LogP contribution is 2.20. The molecule has 0 atom stereocenters. The first-order chi connectivity index (χ1) is 11.0. The number of aryl methyl sites for hydroxylation is 1. The molecule has 0 spiro atoms. The number of ether oxygens (including phenoxy) is 1. The van der Waals surface area contributed by atoms with Crippen molar-refractivity contribution in [2.45, 2.75) is 13.5 Å². The molecule has 2 rings (SSSR count). The number of hydrogen-bond acceptors (Lipinski definition) is 3. The summed E-state index contributed by atoms with van der Waals surface area (Å²) in [5, 5.41) is 0. The molecule has 5 heteroatoms. The minimum Gasteiger partial charge on any atom is -0.483 e. The van der Waals surface area contributed by atoms with E-state index in [1.807, 2.05) is 31.2 Å². The molecule has 2 aromatic rings. The largest absolute Gasteiger partial charge is 0.483 e. The van der Waals surface area contributed by atoms with Gasteiger partial charge in [0.2, 0.25) is 0 Å². The second kappa shape index (κ2) is 7.45. The molecular weight excluding hydrogens is 292 g/mol. The summed E-state index contributed by atoms with van der Waals surface area (Å²) in [5.74, 6) is -0.401. The maximum Gasteiger partial charge on any atom is 0.257 e. The van der Waals surface area contributed by atoms with Crippen molar-refractivity contribution in [1.29, 1.82) is 0 Å². The van der Waals surface area contributed by atoms with Crippen LogP contribution >= 0.6 is 0 Å². The Morgan fingerprint density at radius 1 is 1.09 bits per heavy atom. The molecule has 0 heterocycles. The fraction of sp³-hybridized carbons (Fsp3) is 0.222. The van der Waals surface area contributed by atoms with Gasteiger partial charge in [-0.1, -0.05) is 36.4 Å². The zero-order valence-corrected chi connectivity index (χ0v) is 13.3. The van der Waals surface area contributed by atoms with Crippen molar-refractivity contribution < 1.29 is 14.3 Å². The number of carbonyl (C=O) groups is 2. The SMILES string of the molecule is Cc1ccccc1CN(C)C(=O)c1ccccc1OCC(N)=O. The van der Waals surface area contributed by atoms with Crippen LogP contribution in [0.3, 0.4) is 0 Å². The Kier molecular flexibility index (Phi) is 5.36. The Morgan fingerprint density at radius 2 is 1.74 bits per heavy atom. The number of primary amides is 1. The number of amides is 2. The fourth-order valence-corrected chi connectivity index (χ4v) is 2.24. The zero-order chi connectivity index (χ0) is 16.8.